The van der Waals surface area contributed by atoms with Crippen molar-refractivity contribution in [1.29, 1.82) is 0 Å². The van der Waals surface area contributed by atoms with Gasteiger partial charge in [0.15, 0.2) is 0 Å². The average Bonchev–Trinajstić information content (AvgIpc) is 3.05. The van der Waals surface area contributed by atoms with E-state index in [2.05, 4.69) is 15.4 Å². The van der Waals surface area contributed by atoms with E-state index in [1.54, 1.807) is 6.20 Å². The van der Waals surface area contributed by atoms with Crippen molar-refractivity contribution in [2.45, 2.75) is 13.5 Å². The van der Waals surface area contributed by atoms with Crippen molar-refractivity contribution >= 4 is 5.91 Å². The zero-order valence-electron chi connectivity index (χ0n) is 12.9. The first-order chi connectivity index (χ1) is 11.2. The number of carbonyl (C=O) groups is 1. The summed E-state index contributed by atoms with van der Waals surface area (Å²) in [5.41, 5.74) is 3.36. The highest BCUT2D eigenvalue weighted by Crippen LogP contribution is 2.12. The quantitative estimate of drug-likeness (QED) is 0.788. The van der Waals surface area contributed by atoms with Crippen LogP contribution in [0.15, 0.2) is 60.9 Å². The van der Waals surface area contributed by atoms with Crippen molar-refractivity contribution in [3.05, 3.63) is 72.1 Å². The number of carbonyl (C=O) groups excluding carboxylic acids is 1. The van der Waals surface area contributed by atoms with Gasteiger partial charge in [0, 0.05) is 24.5 Å². The molecule has 0 unspecified atom stereocenters. The predicted molar refractivity (Wildman–Crippen MR) is 89.0 cm³/mol. The first-order valence-electron chi connectivity index (χ1n) is 7.53. The molecule has 2 aromatic heterocycles. The van der Waals surface area contributed by atoms with Gasteiger partial charge in [0.25, 0.3) is 5.91 Å². The van der Waals surface area contributed by atoms with E-state index < -0.39 is 0 Å². The second kappa shape index (κ2) is 6.87. The Morgan fingerprint density at radius 2 is 1.91 bits per heavy atom. The predicted octanol–water partition coefficient (Wildman–Crippen LogP) is 2.68. The lowest BCUT2D eigenvalue weighted by Gasteiger charge is -2.07. The van der Waals surface area contributed by atoms with Gasteiger partial charge < -0.3 is 5.32 Å². The highest BCUT2D eigenvalue weighted by atomic mass is 16.1. The third-order valence-electron chi connectivity index (χ3n) is 3.58. The molecule has 1 aromatic carbocycles. The summed E-state index contributed by atoms with van der Waals surface area (Å²) >= 11 is 0. The molecule has 0 aliphatic rings. The van der Waals surface area contributed by atoms with Gasteiger partial charge in [-0.1, -0.05) is 24.3 Å². The Hall–Kier alpha value is -2.95. The number of hydrogen-bond donors (Lipinski definition) is 1. The van der Waals surface area contributed by atoms with E-state index >= 15 is 0 Å². The van der Waals surface area contributed by atoms with Crippen molar-refractivity contribution in [3.63, 3.8) is 0 Å². The van der Waals surface area contributed by atoms with E-state index in [4.69, 9.17) is 0 Å². The first-order valence-corrected chi connectivity index (χ1v) is 7.53. The number of aryl methyl sites for hydroxylation is 1. The zero-order chi connectivity index (χ0) is 16.1. The number of aromatic nitrogens is 3. The van der Waals surface area contributed by atoms with Crippen LogP contribution in [-0.4, -0.2) is 27.2 Å². The Kier molecular flexibility index (Phi) is 4.47. The Labute approximate surface area is 135 Å². The van der Waals surface area contributed by atoms with Crippen molar-refractivity contribution < 1.29 is 4.79 Å². The van der Waals surface area contributed by atoms with Crippen LogP contribution in [0.2, 0.25) is 0 Å². The van der Waals surface area contributed by atoms with Gasteiger partial charge in [-0.15, -0.1) is 0 Å². The van der Waals surface area contributed by atoms with Gasteiger partial charge in [0.1, 0.15) is 5.69 Å². The van der Waals surface area contributed by atoms with Gasteiger partial charge in [0.2, 0.25) is 0 Å². The molecule has 0 aliphatic carbocycles. The maximum absolute atomic E-state index is 12.1. The number of rotatable bonds is 5. The highest BCUT2D eigenvalue weighted by molar-refractivity contribution is 5.95. The molecule has 0 aliphatic heterocycles. The molecule has 2 heterocycles. The Morgan fingerprint density at radius 1 is 1.09 bits per heavy atom. The number of nitrogens with one attached hydrogen (secondary N) is 1. The monoisotopic (exact) mass is 306 g/mol. The maximum atomic E-state index is 12.1. The summed E-state index contributed by atoms with van der Waals surface area (Å²) in [5, 5.41) is 7.39. The summed E-state index contributed by atoms with van der Waals surface area (Å²) in [6.45, 7) is 3.07. The second-order valence-electron chi connectivity index (χ2n) is 5.25. The summed E-state index contributed by atoms with van der Waals surface area (Å²) in [6, 6.07) is 15.2. The minimum absolute atomic E-state index is 0.0554. The minimum Gasteiger partial charge on any atom is -0.350 e. The fourth-order valence-electron chi connectivity index (χ4n) is 2.34. The minimum atomic E-state index is -0.0554. The summed E-state index contributed by atoms with van der Waals surface area (Å²) in [7, 11) is 0. The third-order valence-corrected chi connectivity index (χ3v) is 3.58. The van der Waals surface area contributed by atoms with Crippen LogP contribution >= 0.6 is 0 Å². The number of pyridine rings is 1. The number of nitrogens with zero attached hydrogens (tertiary/aromatic N) is 3. The normalized spacial score (nSPS) is 10.5. The molecule has 0 fully saturated rings. The summed E-state index contributed by atoms with van der Waals surface area (Å²) in [4.78, 5) is 16.4. The van der Waals surface area contributed by atoms with E-state index in [0.717, 1.165) is 17.0 Å². The molecule has 0 saturated heterocycles. The lowest BCUT2D eigenvalue weighted by molar-refractivity contribution is 0.0951. The topological polar surface area (TPSA) is 59.8 Å². The van der Waals surface area contributed by atoms with Gasteiger partial charge in [-0.2, -0.15) is 5.10 Å². The van der Waals surface area contributed by atoms with Crippen LogP contribution in [0.4, 0.5) is 0 Å². The lowest BCUT2D eigenvalue weighted by Crippen LogP contribution is -2.27. The van der Waals surface area contributed by atoms with Gasteiger partial charge >= 0.3 is 0 Å². The second-order valence-corrected chi connectivity index (χ2v) is 5.25. The van der Waals surface area contributed by atoms with Crippen LogP contribution in [0.5, 0.6) is 0 Å². The van der Waals surface area contributed by atoms with Gasteiger partial charge in [-0.05, 0) is 36.8 Å². The molecule has 1 N–H and O–H groups in total. The molecule has 1 amide bonds. The molecule has 0 saturated carbocycles. The Balaban J connectivity index is 1.56. The fraction of sp³-hybridized carbons (Fsp3) is 0.167. The van der Waals surface area contributed by atoms with Crippen LogP contribution in [0.25, 0.3) is 11.4 Å². The molecule has 5 heteroatoms. The largest absolute Gasteiger partial charge is 0.350 e. The number of amides is 1. The van der Waals surface area contributed by atoms with Crippen molar-refractivity contribution in [1.82, 2.24) is 20.1 Å². The lowest BCUT2D eigenvalue weighted by atomic mass is 10.1. The molecule has 0 atom stereocenters. The molecule has 116 valence electrons. The molecule has 3 aromatic rings. The number of benzene rings is 1. The summed E-state index contributed by atoms with van der Waals surface area (Å²) in [6.07, 6.45) is 3.64. The van der Waals surface area contributed by atoms with E-state index in [0.29, 0.717) is 18.7 Å². The fourth-order valence-corrected chi connectivity index (χ4v) is 2.34. The highest BCUT2D eigenvalue weighted by Gasteiger charge is 2.07. The standard InChI is InChI=1S/C18H18N4O/c1-14-6-2-3-7-15(14)18(23)20-11-13-22-12-9-17(21-22)16-8-4-5-10-19-16/h2-10,12H,11,13H2,1H3,(H,20,23). The van der Waals surface area contributed by atoms with E-state index in [1.165, 1.54) is 0 Å². The molecule has 3 rings (SSSR count). The van der Waals surface area contributed by atoms with Gasteiger partial charge in [-0.25, -0.2) is 0 Å². The smallest absolute Gasteiger partial charge is 0.251 e. The molecule has 0 radical (unpaired) electrons. The van der Waals surface area contributed by atoms with Crippen molar-refractivity contribution in [3.8, 4) is 11.4 Å². The van der Waals surface area contributed by atoms with E-state index in [-0.39, 0.29) is 5.91 Å². The zero-order valence-corrected chi connectivity index (χ0v) is 12.9. The molecular weight excluding hydrogens is 288 g/mol. The SMILES string of the molecule is Cc1ccccc1C(=O)NCCn1ccc(-c2ccccn2)n1. The van der Waals surface area contributed by atoms with Gasteiger partial charge in [-0.3, -0.25) is 14.5 Å². The van der Waals surface area contributed by atoms with Crippen LogP contribution < -0.4 is 5.32 Å². The van der Waals surface area contributed by atoms with Crippen molar-refractivity contribution in [2.75, 3.05) is 6.54 Å². The molecule has 23 heavy (non-hydrogen) atoms. The maximum Gasteiger partial charge on any atom is 0.251 e. The van der Waals surface area contributed by atoms with Crippen LogP contribution in [0.3, 0.4) is 0 Å². The third kappa shape index (κ3) is 3.63. The van der Waals surface area contributed by atoms with Crippen LogP contribution in [-0.2, 0) is 6.54 Å². The summed E-state index contributed by atoms with van der Waals surface area (Å²) < 4.78 is 1.81. The summed E-state index contributed by atoms with van der Waals surface area (Å²) in [5.74, 6) is -0.0554. The van der Waals surface area contributed by atoms with Crippen LogP contribution in [0, 0.1) is 6.92 Å². The van der Waals surface area contributed by atoms with E-state index in [9.17, 15) is 4.79 Å². The molecule has 5 nitrogen and oxygen atoms in total. The molecule has 0 bridgehead atoms. The van der Waals surface area contributed by atoms with Crippen molar-refractivity contribution in [2.24, 2.45) is 0 Å². The van der Waals surface area contributed by atoms with Gasteiger partial charge in [0.05, 0.1) is 12.2 Å². The van der Waals surface area contributed by atoms with Crippen LogP contribution in [0.1, 0.15) is 15.9 Å². The molecular formula is C18H18N4O. The Morgan fingerprint density at radius 3 is 2.70 bits per heavy atom. The average molecular weight is 306 g/mol. The number of hydrogen-bond acceptors (Lipinski definition) is 3. The first kappa shape index (κ1) is 15.0. The molecule has 0 spiro atoms. The van der Waals surface area contributed by atoms with E-state index in [1.807, 2.05) is 66.3 Å². The Bertz CT molecular complexity index is 796.